The maximum absolute atomic E-state index is 5.50. The highest BCUT2D eigenvalue weighted by Crippen LogP contribution is 2.17. The van der Waals surface area contributed by atoms with Gasteiger partial charge in [-0.05, 0) is 31.4 Å². The monoisotopic (exact) mass is 203 g/mol. The van der Waals surface area contributed by atoms with Gasteiger partial charge in [-0.2, -0.15) is 0 Å². The van der Waals surface area contributed by atoms with Crippen LogP contribution in [0.1, 0.15) is 36.6 Å². The van der Waals surface area contributed by atoms with Crippen molar-refractivity contribution in [2.75, 3.05) is 0 Å². The first-order valence-corrected chi connectivity index (χ1v) is 5.10. The van der Waals surface area contributed by atoms with Gasteiger partial charge in [-0.25, -0.2) is 0 Å². The Morgan fingerprint density at radius 3 is 2.93 bits per heavy atom. The quantitative estimate of drug-likeness (QED) is 0.331. The number of rotatable bonds is 5. The van der Waals surface area contributed by atoms with Crippen molar-refractivity contribution in [1.29, 1.82) is 0 Å². The van der Waals surface area contributed by atoms with Crippen LogP contribution < -0.4 is 11.3 Å². The molecule has 1 aromatic heterocycles. The Morgan fingerprint density at radius 1 is 1.60 bits per heavy atom. The van der Waals surface area contributed by atoms with E-state index >= 15 is 0 Å². The Kier molecular flexibility index (Phi) is 4.82. The van der Waals surface area contributed by atoms with Crippen LogP contribution in [0.25, 0.3) is 0 Å². The van der Waals surface area contributed by atoms with Gasteiger partial charge in [0.15, 0.2) is 0 Å². The summed E-state index contributed by atoms with van der Waals surface area (Å²) in [6.07, 6.45) is 9.75. The molecule has 3 N–H and O–H groups in total. The summed E-state index contributed by atoms with van der Waals surface area (Å²) in [4.78, 5) is 4.24. The molecule has 0 spiro atoms. The number of nitrogens with two attached hydrogens (primary N) is 1. The Bertz CT molecular complexity index is 324. The second-order valence-electron chi connectivity index (χ2n) is 3.55. The summed E-state index contributed by atoms with van der Waals surface area (Å²) in [6, 6.07) is 4.18. The molecule has 1 atom stereocenters. The van der Waals surface area contributed by atoms with Crippen molar-refractivity contribution in [3.05, 3.63) is 29.6 Å². The number of aromatic nitrogens is 1. The number of hydrazine groups is 1. The first-order chi connectivity index (χ1) is 7.27. The lowest BCUT2D eigenvalue weighted by Gasteiger charge is -2.15. The average molecular weight is 203 g/mol. The van der Waals surface area contributed by atoms with E-state index in [9.17, 15) is 0 Å². The first kappa shape index (κ1) is 11.7. The molecule has 0 saturated carbocycles. The zero-order valence-electron chi connectivity index (χ0n) is 9.03. The van der Waals surface area contributed by atoms with Crippen LogP contribution in [0.4, 0.5) is 0 Å². The average Bonchev–Trinajstić information content (AvgIpc) is 2.26. The van der Waals surface area contributed by atoms with Gasteiger partial charge < -0.3 is 0 Å². The molecule has 0 amide bonds. The van der Waals surface area contributed by atoms with Crippen molar-refractivity contribution in [2.45, 2.75) is 32.2 Å². The van der Waals surface area contributed by atoms with Crippen molar-refractivity contribution in [3.8, 4) is 12.3 Å². The first-order valence-electron chi connectivity index (χ1n) is 5.10. The van der Waals surface area contributed by atoms with E-state index in [0.717, 1.165) is 30.5 Å². The number of nitrogens with zero attached hydrogens (tertiary/aromatic N) is 1. The summed E-state index contributed by atoms with van der Waals surface area (Å²) in [5, 5.41) is 0. The lowest BCUT2D eigenvalue weighted by atomic mass is 10.0. The van der Waals surface area contributed by atoms with E-state index in [-0.39, 0.29) is 6.04 Å². The van der Waals surface area contributed by atoms with Gasteiger partial charge in [0.1, 0.15) is 0 Å². The number of nitrogens with one attached hydrogen (secondary N) is 1. The fourth-order valence-electron chi connectivity index (χ4n) is 1.44. The molecule has 3 heteroatoms. The number of aryl methyl sites for hydroxylation is 1. The third-order valence-electron chi connectivity index (χ3n) is 2.35. The number of terminal acetylenes is 1. The fourth-order valence-corrected chi connectivity index (χ4v) is 1.44. The van der Waals surface area contributed by atoms with E-state index in [1.807, 2.05) is 25.3 Å². The second-order valence-corrected chi connectivity index (χ2v) is 3.55. The van der Waals surface area contributed by atoms with E-state index in [0.29, 0.717) is 0 Å². The molecule has 3 nitrogen and oxygen atoms in total. The Labute approximate surface area is 91.1 Å². The third-order valence-corrected chi connectivity index (χ3v) is 2.35. The molecular weight excluding hydrogens is 186 g/mol. The molecule has 0 aliphatic rings. The summed E-state index contributed by atoms with van der Waals surface area (Å²) in [7, 11) is 0. The van der Waals surface area contributed by atoms with E-state index in [2.05, 4.69) is 16.3 Å². The Morgan fingerprint density at radius 2 is 2.40 bits per heavy atom. The molecule has 15 heavy (non-hydrogen) atoms. The van der Waals surface area contributed by atoms with Gasteiger partial charge in [-0.1, -0.05) is 6.07 Å². The van der Waals surface area contributed by atoms with E-state index < -0.39 is 0 Å². The van der Waals surface area contributed by atoms with Gasteiger partial charge in [-0.15, -0.1) is 12.3 Å². The molecule has 0 radical (unpaired) electrons. The highest BCUT2D eigenvalue weighted by atomic mass is 15.2. The zero-order valence-corrected chi connectivity index (χ0v) is 9.03. The predicted molar refractivity (Wildman–Crippen MR) is 61.7 cm³/mol. The number of hydrogen-bond donors (Lipinski definition) is 2. The summed E-state index contributed by atoms with van der Waals surface area (Å²) in [5.74, 6) is 8.12. The maximum Gasteiger partial charge on any atom is 0.0475 e. The van der Waals surface area contributed by atoms with Crippen LogP contribution in [0.3, 0.4) is 0 Å². The van der Waals surface area contributed by atoms with Crippen molar-refractivity contribution < 1.29 is 0 Å². The normalized spacial score (nSPS) is 12.1. The molecule has 0 aliphatic carbocycles. The predicted octanol–water partition coefficient (Wildman–Crippen LogP) is 1.70. The summed E-state index contributed by atoms with van der Waals surface area (Å²) in [5.41, 5.74) is 4.91. The lowest BCUT2D eigenvalue weighted by molar-refractivity contribution is 0.501. The summed E-state index contributed by atoms with van der Waals surface area (Å²) in [6.45, 7) is 1.97. The van der Waals surface area contributed by atoms with Crippen LogP contribution in [0.2, 0.25) is 0 Å². The third kappa shape index (κ3) is 3.70. The van der Waals surface area contributed by atoms with Crippen LogP contribution in [-0.4, -0.2) is 4.98 Å². The SMILES string of the molecule is C#CCCCC(NN)c1ccc(C)nc1. The van der Waals surface area contributed by atoms with Crippen molar-refractivity contribution in [3.63, 3.8) is 0 Å². The zero-order chi connectivity index (χ0) is 11.1. The second kappa shape index (κ2) is 6.18. The molecule has 0 fully saturated rings. The summed E-state index contributed by atoms with van der Waals surface area (Å²) < 4.78 is 0. The number of unbranched alkanes of at least 4 members (excludes halogenated alkanes) is 1. The molecule has 0 aromatic carbocycles. The molecule has 1 unspecified atom stereocenters. The minimum Gasteiger partial charge on any atom is -0.271 e. The topological polar surface area (TPSA) is 50.9 Å². The van der Waals surface area contributed by atoms with Gasteiger partial charge in [0, 0.05) is 24.4 Å². The van der Waals surface area contributed by atoms with Crippen LogP contribution in [0.5, 0.6) is 0 Å². The van der Waals surface area contributed by atoms with E-state index in [4.69, 9.17) is 12.3 Å². The van der Waals surface area contributed by atoms with Gasteiger partial charge in [0.05, 0.1) is 0 Å². The molecule has 1 aromatic rings. The van der Waals surface area contributed by atoms with E-state index in [1.54, 1.807) is 0 Å². The van der Waals surface area contributed by atoms with Crippen molar-refractivity contribution in [2.24, 2.45) is 5.84 Å². The fraction of sp³-hybridized carbons (Fsp3) is 0.417. The van der Waals surface area contributed by atoms with Gasteiger partial charge in [0.2, 0.25) is 0 Å². The Balaban J connectivity index is 2.58. The highest BCUT2D eigenvalue weighted by molar-refractivity contribution is 5.16. The van der Waals surface area contributed by atoms with Crippen molar-refractivity contribution >= 4 is 0 Å². The van der Waals surface area contributed by atoms with Crippen LogP contribution in [-0.2, 0) is 0 Å². The number of pyridine rings is 1. The molecule has 1 heterocycles. The highest BCUT2D eigenvalue weighted by Gasteiger charge is 2.08. The van der Waals surface area contributed by atoms with Crippen LogP contribution in [0.15, 0.2) is 18.3 Å². The molecule has 0 aliphatic heterocycles. The van der Waals surface area contributed by atoms with Crippen LogP contribution >= 0.6 is 0 Å². The van der Waals surface area contributed by atoms with E-state index in [1.165, 1.54) is 0 Å². The van der Waals surface area contributed by atoms with Gasteiger partial charge in [-0.3, -0.25) is 16.3 Å². The standard InChI is InChI=1S/C12H17N3/c1-3-4-5-6-12(15-13)11-8-7-10(2)14-9-11/h1,7-9,12,15H,4-6,13H2,2H3. The number of hydrogen-bond acceptors (Lipinski definition) is 3. The van der Waals surface area contributed by atoms with Gasteiger partial charge in [0.25, 0.3) is 0 Å². The largest absolute Gasteiger partial charge is 0.271 e. The maximum atomic E-state index is 5.50. The van der Waals surface area contributed by atoms with Crippen LogP contribution in [0, 0.1) is 19.3 Å². The Hall–Kier alpha value is -1.37. The minimum atomic E-state index is 0.145. The summed E-state index contributed by atoms with van der Waals surface area (Å²) >= 11 is 0. The molecule has 0 bridgehead atoms. The molecule has 0 saturated heterocycles. The molecule has 1 rings (SSSR count). The lowest BCUT2D eigenvalue weighted by Crippen LogP contribution is -2.28. The van der Waals surface area contributed by atoms with Crippen molar-refractivity contribution in [1.82, 2.24) is 10.4 Å². The molecule has 80 valence electrons. The van der Waals surface area contributed by atoms with Gasteiger partial charge >= 0.3 is 0 Å². The molecular formula is C12H17N3. The minimum absolute atomic E-state index is 0.145. The smallest absolute Gasteiger partial charge is 0.0475 e.